The molecule has 0 saturated carbocycles. The van der Waals surface area contributed by atoms with E-state index in [1.165, 1.54) is 0 Å². The molecule has 2 aromatic rings. The summed E-state index contributed by atoms with van der Waals surface area (Å²) in [5.41, 5.74) is 0. The minimum atomic E-state index is -3.04. The molecule has 0 aromatic heterocycles. The van der Waals surface area contributed by atoms with Gasteiger partial charge in [-0.15, -0.1) is 0 Å². The third-order valence-electron chi connectivity index (χ3n) is 3.14. The normalized spacial score (nSPS) is 13.8. The van der Waals surface area contributed by atoms with Crippen molar-refractivity contribution in [3.8, 4) is 0 Å². The molecule has 0 aliphatic rings. The standard InChI is InChI=1S/C15H17Cl2P/c1-2-13-18(16,17,14-9-5-3-6-10-14)15-11-7-4-8-12-15/h3-12H,2,13H2,1H3. The SMILES string of the molecule is CCCP(Cl)(Cl)(c1ccccc1)c1ccccc1. The molecule has 0 heterocycles. The van der Waals surface area contributed by atoms with E-state index in [2.05, 4.69) is 6.92 Å². The third kappa shape index (κ3) is 2.43. The Morgan fingerprint density at radius 2 is 1.17 bits per heavy atom. The molecule has 0 N–H and O–H groups in total. The summed E-state index contributed by atoms with van der Waals surface area (Å²) < 4.78 is 0. The first-order valence-electron chi connectivity index (χ1n) is 6.13. The number of halogens is 2. The predicted octanol–water partition coefficient (Wildman–Crippen LogP) is 4.91. The molecule has 0 atom stereocenters. The molecule has 0 bridgehead atoms. The van der Waals surface area contributed by atoms with E-state index < -0.39 is 5.31 Å². The summed E-state index contributed by atoms with van der Waals surface area (Å²) in [6, 6.07) is 20.2. The molecule has 0 unspecified atom stereocenters. The van der Waals surface area contributed by atoms with Gasteiger partial charge in [-0.3, -0.25) is 0 Å². The summed E-state index contributed by atoms with van der Waals surface area (Å²) in [5.74, 6) is 0. The Morgan fingerprint density at radius 1 is 0.778 bits per heavy atom. The van der Waals surface area contributed by atoms with Crippen LogP contribution in [0.5, 0.6) is 0 Å². The number of hydrogen-bond acceptors (Lipinski definition) is 0. The van der Waals surface area contributed by atoms with Crippen LogP contribution in [0.1, 0.15) is 13.3 Å². The molecular weight excluding hydrogens is 282 g/mol. The van der Waals surface area contributed by atoms with Gasteiger partial charge in [0.05, 0.1) is 0 Å². The molecule has 0 aliphatic heterocycles. The van der Waals surface area contributed by atoms with Gasteiger partial charge in [-0.05, 0) is 0 Å². The van der Waals surface area contributed by atoms with Gasteiger partial charge in [0.1, 0.15) is 0 Å². The molecule has 0 saturated heterocycles. The zero-order chi connectivity index (χ0) is 13.1. The molecule has 0 spiro atoms. The van der Waals surface area contributed by atoms with Crippen LogP contribution in [0.25, 0.3) is 0 Å². The van der Waals surface area contributed by atoms with Crippen LogP contribution in [-0.2, 0) is 0 Å². The van der Waals surface area contributed by atoms with Gasteiger partial charge in [0.2, 0.25) is 0 Å². The van der Waals surface area contributed by atoms with Crippen LogP contribution in [0.3, 0.4) is 0 Å². The molecule has 0 amide bonds. The molecule has 18 heavy (non-hydrogen) atoms. The summed E-state index contributed by atoms with van der Waals surface area (Å²) in [6.45, 7) is 2.12. The van der Waals surface area contributed by atoms with Crippen molar-refractivity contribution in [3.05, 3.63) is 60.7 Å². The van der Waals surface area contributed by atoms with Gasteiger partial charge in [-0.25, -0.2) is 0 Å². The maximum absolute atomic E-state index is 7.04. The van der Waals surface area contributed by atoms with Gasteiger partial charge in [0, 0.05) is 0 Å². The first kappa shape index (κ1) is 13.9. The Hall–Kier alpha value is -0.550. The Kier molecular flexibility index (Phi) is 4.02. The molecule has 0 fully saturated rings. The minimum absolute atomic E-state index is 0.808. The fourth-order valence-electron chi connectivity index (χ4n) is 2.24. The van der Waals surface area contributed by atoms with E-state index in [1.807, 2.05) is 60.7 Å². The van der Waals surface area contributed by atoms with Crippen molar-refractivity contribution in [1.82, 2.24) is 0 Å². The Bertz CT molecular complexity index is 465. The van der Waals surface area contributed by atoms with Crippen molar-refractivity contribution in [3.63, 3.8) is 0 Å². The molecule has 2 rings (SSSR count). The fraction of sp³-hybridized carbons (Fsp3) is 0.200. The average molecular weight is 299 g/mol. The molecular formula is C15H17Cl2P. The zero-order valence-corrected chi connectivity index (χ0v) is 12.8. The Labute approximate surface area is 118 Å². The van der Waals surface area contributed by atoms with E-state index in [9.17, 15) is 0 Å². The van der Waals surface area contributed by atoms with Crippen LogP contribution in [0.15, 0.2) is 60.7 Å². The van der Waals surface area contributed by atoms with Gasteiger partial charge in [-0.2, -0.15) is 0 Å². The number of hydrogen-bond donors (Lipinski definition) is 0. The predicted molar refractivity (Wildman–Crippen MR) is 85.9 cm³/mol. The molecule has 3 heteroatoms. The van der Waals surface area contributed by atoms with Crippen LogP contribution in [0.2, 0.25) is 0 Å². The summed E-state index contributed by atoms with van der Waals surface area (Å²) in [7, 11) is 0. The van der Waals surface area contributed by atoms with E-state index >= 15 is 0 Å². The van der Waals surface area contributed by atoms with Crippen molar-refractivity contribution < 1.29 is 0 Å². The van der Waals surface area contributed by atoms with E-state index in [-0.39, 0.29) is 0 Å². The van der Waals surface area contributed by atoms with Gasteiger partial charge >= 0.3 is 119 Å². The van der Waals surface area contributed by atoms with E-state index in [0.717, 1.165) is 23.2 Å². The average Bonchev–Trinajstić information content (AvgIpc) is 2.41. The molecule has 0 aliphatic carbocycles. The van der Waals surface area contributed by atoms with Crippen LogP contribution in [-0.4, -0.2) is 6.16 Å². The molecule has 0 nitrogen and oxygen atoms in total. The number of rotatable bonds is 4. The quantitative estimate of drug-likeness (QED) is 0.704. The van der Waals surface area contributed by atoms with E-state index in [4.69, 9.17) is 22.5 Å². The van der Waals surface area contributed by atoms with Gasteiger partial charge in [0.25, 0.3) is 0 Å². The zero-order valence-electron chi connectivity index (χ0n) is 10.4. The molecule has 96 valence electrons. The Balaban J connectivity index is 2.63. The van der Waals surface area contributed by atoms with Crippen LogP contribution < -0.4 is 10.6 Å². The topological polar surface area (TPSA) is 0 Å². The van der Waals surface area contributed by atoms with Gasteiger partial charge in [0.15, 0.2) is 0 Å². The van der Waals surface area contributed by atoms with Crippen molar-refractivity contribution in [1.29, 1.82) is 0 Å². The van der Waals surface area contributed by atoms with Crippen molar-refractivity contribution in [2.45, 2.75) is 13.3 Å². The number of benzene rings is 2. The molecule has 2 aromatic carbocycles. The maximum atomic E-state index is 7.04. The van der Waals surface area contributed by atoms with E-state index in [1.54, 1.807) is 0 Å². The second kappa shape index (κ2) is 5.21. The fourth-order valence-corrected chi connectivity index (χ4v) is 7.72. The third-order valence-corrected chi connectivity index (χ3v) is 10.4. The van der Waals surface area contributed by atoms with Crippen LogP contribution >= 0.6 is 27.8 Å². The summed E-state index contributed by atoms with van der Waals surface area (Å²) >= 11 is 14.1. The van der Waals surface area contributed by atoms with Crippen molar-refractivity contribution in [2.24, 2.45) is 0 Å². The Morgan fingerprint density at radius 3 is 1.50 bits per heavy atom. The van der Waals surface area contributed by atoms with Crippen molar-refractivity contribution >= 4 is 38.4 Å². The van der Waals surface area contributed by atoms with Gasteiger partial charge in [-0.1, -0.05) is 0 Å². The monoisotopic (exact) mass is 298 g/mol. The van der Waals surface area contributed by atoms with Gasteiger partial charge < -0.3 is 0 Å². The molecule has 0 radical (unpaired) electrons. The van der Waals surface area contributed by atoms with Crippen molar-refractivity contribution in [2.75, 3.05) is 6.16 Å². The first-order chi connectivity index (χ1) is 8.57. The summed E-state index contributed by atoms with van der Waals surface area (Å²) in [4.78, 5) is 0. The van der Waals surface area contributed by atoms with E-state index in [0.29, 0.717) is 0 Å². The summed E-state index contributed by atoms with van der Waals surface area (Å²) in [6.07, 6.45) is 1.78. The second-order valence-electron chi connectivity index (χ2n) is 4.46. The second-order valence-corrected chi connectivity index (χ2v) is 13.1. The van der Waals surface area contributed by atoms with Crippen LogP contribution in [0.4, 0.5) is 0 Å². The first-order valence-corrected chi connectivity index (χ1v) is 10.4. The summed E-state index contributed by atoms with van der Waals surface area (Å²) in [5, 5.41) is -0.933. The van der Waals surface area contributed by atoms with Crippen LogP contribution in [0, 0.1) is 0 Å².